The first kappa shape index (κ1) is 27.4. The van der Waals surface area contributed by atoms with Gasteiger partial charge < -0.3 is 4.57 Å². The van der Waals surface area contributed by atoms with Gasteiger partial charge in [-0.1, -0.05) is 141 Å². The third-order valence-electron chi connectivity index (χ3n) is 9.86. The monoisotopic (exact) mass is 579 g/mol. The van der Waals surface area contributed by atoms with Crippen molar-refractivity contribution in [3.05, 3.63) is 179 Å². The van der Waals surface area contributed by atoms with Gasteiger partial charge in [0.2, 0.25) is 0 Å². The average molecular weight is 580 g/mol. The largest absolute Gasteiger partial charge is 0.313 e. The molecule has 1 aromatic heterocycles. The Morgan fingerprint density at radius 3 is 2.16 bits per heavy atom. The molecule has 0 bridgehead atoms. The van der Waals surface area contributed by atoms with Gasteiger partial charge in [-0.15, -0.1) is 0 Å². The van der Waals surface area contributed by atoms with Crippen LogP contribution in [0.25, 0.3) is 44.9 Å². The molecule has 6 aromatic rings. The summed E-state index contributed by atoms with van der Waals surface area (Å²) in [6, 6.07) is 42.8. The van der Waals surface area contributed by atoms with E-state index >= 15 is 0 Å². The molecular formula is C44H37N. The van der Waals surface area contributed by atoms with E-state index in [0.717, 1.165) is 12.8 Å². The summed E-state index contributed by atoms with van der Waals surface area (Å²) in [7, 11) is 0. The molecule has 0 N–H and O–H groups in total. The molecule has 1 heteroatoms. The minimum atomic E-state index is -0.0914. The topological polar surface area (TPSA) is 4.93 Å². The van der Waals surface area contributed by atoms with E-state index in [9.17, 15) is 0 Å². The van der Waals surface area contributed by atoms with E-state index in [1.54, 1.807) is 0 Å². The van der Waals surface area contributed by atoms with Gasteiger partial charge in [0.1, 0.15) is 0 Å². The summed E-state index contributed by atoms with van der Waals surface area (Å²) in [4.78, 5) is 0. The molecule has 0 saturated carbocycles. The lowest BCUT2D eigenvalue weighted by molar-refractivity contribution is 0.658. The Bertz CT molecular complexity index is 2160. The normalized spacial score (nSPS) is 16.9. The molecule has 5 aromatic carbocycles. The number of nitrogens with zero attached hydrogens (tertiary/aromatic N) is 1. The number of allylic oxidation sites excluding steroid dienone is 5. The lowest BCUT2D eigenvalue weighted by Gasteiger charge is -2.23. The highest BCUT2D eigenvalue weighted by molar-refractivity contribution is 5.94. The first-order valence-electron chi connectivity index (χ1n) is 16.1. The lowest BCUT2D eigenvalue weighted by Crippen LogP contribution is -2.16. The maximum absolute atomic E-state index is 2.49. The molecule has 218 valence electrons. The van der Waals surface area contributed by atoms with E-state index in [2.05, 4.69) is 171 Å². The van der Waals surface area contributed by atoms with E-state index in [4.69, 9.17) is 0 Å². The highest BCUT2D eigenvalue weighted by atomic mass is 15.0. The zero-order chi connectivity index (χ0) is 30.5. The summed E-state index contributed by atoms with van der Waals surface area (Å²) in [6.07, 6.45) is 13.1. The van der Waals surface area contributed by atoms with Crippen molar-refractivity contribution in [3.63, 3.8) is 0 Å². The maximum Gasteiger partial charge on any atom is 0.0537 e. The minimum Gasteiger partial charge on any atom is -0.313 e. The molecule has 0 aliphatic heterocycles. The number of fused-ring (bicyclic) bond motifs is 6. The summed E-state index contributed by atoms with van der Waals surface area (Å²) in [6.45, 7) is 6.89. The summed E-state index contributed by atoms with van der Waals surface area (Å²) in [5, 5.41) is 1.30. The fraction of sp³-hybridized carbons (Fsp3) is 0.136. The fourth-order valence-corrected chi connectivity index (χ4v) is 7.44. The molecule has 0 amide bonds. The van der Waals surface area contributed by atoms with Gasteiger partial charge in [-0.2, -0.15) is 0 Å². The molecule has 2 aliphatic rings. The van der Waals surface area contributed by atoms with Crippen LogP contribution in [-0.4, -0.2) is 4.57 Å². The molecule has 2 aliphatic carbocycles. The van der Waals surface area contributed by atoms with E-state index in [0.29, 0.717) is 0 Å². The SMILES string of the molecule is C/C=C1\C=C/Cc2c(c3ccccc3n2-c2ccc3c(c2)C(C)(C)c2cc(Cc4ccc(-c5ccccc5)cc4)ccc2-3)/C=C\1. The van der Waals surface area contributed by atoms with Crippen LogP contribution in [-0.2, 0) is 18.3 Å². The first-order chi connectivity index (χ1) is 22.0. The molecule has 45 heavy (non-hydrogen) atoms. The van der Waals surface area contributed by atoms with E-state index in [1.807, 2.05) is 0 Å². The molecule has 0 radical (unpaired) electrons. The molecule has 0 spiro atoms. The smallest absolute Gasteiger partial charge is 0.0537 e. The zero-order valence-corrected chi connectivity index (χ0v) is 26.2. The number of hydrogen-bond donors (Lipinski definition) is 0. The molecule has 1 heterocycles. The second-order valence-electron chi connectivity index (χ2n) is 12.9. The van der Waals surface area contributed by atoms with Gasteiger partial charge >= 0.3 is 0 Å². The summed E-state index contributed by atoms with van der Waals surface area (Å²) < 4.78 is 2.49. The molecule has 1 nitrogen and oxygen atoms in total. The standard InChI is InChI=1S/C44H37N/c1-4-30-11-10-16-43-39(25-19-30)38-14-8-9-15-42(38)45(43)35-23-26-37-36-24-20-32(28-40(36)44(2,3)41(37)29-35)27-31-17-21-34(22-18-31)33-12-6-5-7-13-33/h4-15,17-26,28-29H,16,27H2,1-3H3/b11-10-,25-19-,30-4+. The first-order valence-corrected chi connectivity index (χ1v) is 16.1. The van der Waals surface area contributed by atoms with E-state index in [1.165, 1.54) is 77.9 Å². The van der Waals surface area contributed by atoms with Crippen molar-refractivity contribution in [2.24, 2.45) is 0 Å². The quantitative estimate of drug-likeness (QED) is 0.196. The summed E-state index contributed by atoms with van der Waals surface area (Å²) in [5.41, 5.74) is 17.1. The highest BCUT2D eigenvalue weighted by Gasteiger charge is 2.36. The highest BCUT2D eigenvalue weighted by Crippen LogP contribution is 2.50. The fourth-order valence-electron chi connectivity index (χ4n) is 7.44. The van der Waals surface area contributed by atoms with Crippen LogP contribution in [0.2, 0.25) is 0 Å². The van der Waals surface area contributed by atoms with Crippen LogP contribution >= 0.6 is 0 Å². The number of aromatic nitrogens is 1. The third-order valence-corrected chi connectivity index (χ3v) is 9.86. The van der Waals surface area contributed by atoms with E-state index < -0.39 is 0 Å². The van der Waals surface area contributed by atoms with Crippen LogP contribution < -0.4 is 0 Å². The second kappa shape index (κ2) is 10.8. The van der Waals surface area contributed by atoms with Crippen LogP contribution in [0.15, 0.2) is 145 Å². The second-order valence-corrected chi connectivity index (χ2v) is 12.9. The Balaban J connectivity index is 1.15. The van der Waals surface area contributed by atoms with Crippen molar-refractivity contribution >= 4 is 17.0 Å². The van der Waals surface area contributed by atoms with Gasteiger partial charge in [0, 0.05) is 34.2 Å². The van der Waals surface area contributed by atoms with Crippen LogP contribution in [0.1, 0.15) is 54.3 Å². The van der Waals surface area contributed by atoms with Crippen molar-refractivity contribution < 1.29 is 0 Å². The number of rotatable bonds is 4. The predicted molar refractivity (Wildman–Crippen MR) is 191 cm³/mol. The Kier molecular flexibility index (Phi) is 6.57. The van der Waals surface area contributed by atoms with Crippen molar-refractivity contribution in [2.45, 2.75) is 39.0 Å². The van der Waals surface area contributed by atoms with Crippen molar-refractivity contribution in [3.8, 4) is 27.9 Å². The van der Waals surface area contributed by atoms with Gasteiger partial charge in [-0.3, -0.25) is 0 Å². The van der Waals surface area contributed by atoms with Crippen LogP contribution in [0, 0.1) is 0 Å². The third kappa shape index (κ3) is 4.62. The van der Waals surface area contributed by atoms with Gasteiger partial charge in [0.05, 0.1) is 5.52 Å². The molecule has 0 atom stereocenters. The van der Waals surface area contributed by atoms with Gasteiger partial charge in [0.25, 0.3) is 0 Å². The van der Waals surface area contributed by atoms with Crippen molar-refractivity contribution in [2.75, 3.05) is 0 Å². The summed E-state index contributed by atoms with van der Waals surface area (Å²) in [5.74, 6) is 0. The van der Waals surface area contributed by atoms with Crippen LogP contribution in [0.5, 0.6) is 0 Å². The molecule has 0 fully saturated rings. The molecule has 8 rings (SSSR count). The zero-order valence-electron chi connectivity index (χ0n) is 26.2. The van der Waals surface area contributed by atoms with Gasteiger partial charge in [-0.25, -0.2) is 0 Å². The molecule has 0 unspecified atom stereocenters. The Morgan fingerprint density at radius 2 is 1.36 bits per heavy atom. The number of benzene rings is 5. The van der Waals surface area contributed by atoms with Crippen molar-refractivity contribution in [1.82, 2.24) is 4.57 Å². The Morgan fingerprint density at radius 1 is 0.667 bits per heavy atom. The molecule has 0 saturated heterocycles. The minimum absolute atomic E-state index is 0.0914. The van der Waals surface area contributed by atoms with E-state index in [-0.39, 0.29) is 5.41 Å². The average Bonchev–Trinajstić information content (AvgIpc) is 3.48. The van der Waals surface area contributed by atoms with Crippen LogP contribution in [0.4, 0.5) is 0 Å². The number of hydrogen-bond acceptors (Lipinski definition) is 0. The summed E-state index contributed by atoms with van der Waals surface area (Å²) >= 11 is 0. The Hall–Kier alpha value is -5.14. The van der Waals surface area contributed by atoms with Crippen LogP contribution in [0.3, 0.4) is 0 Å². The molecular weight excluding hydrogens is 542 g/mol. The Labute approximate surface area is 266 Å². The maximum atomic E-state index is 2.49. The number of para-hydroxylation sites is 1. The predicted octanol–water partition coefficient (Wildman–Crippen LogP) is 11.3. The van der Waals surface area contributed by atoms with Gasteiger partial charge in [-0.05, 0) is 81.6 Å². The lowest BCUT2D eigenvalue weighted by atomic mass is 9.81. The van der Waals surface area contributed by atoms with Gasteiger partial charge in [0.15, 0.2) is 0 Å². The van der Waals surface area contributed by atoms with Crippen molar-refractivity contribution in [1.29, 1.82) is 0 Å².